The first-order chi connectivity index (χ1) is 14.8. The molecule has 1 heterocycles. The van der Waals surface area contributed by atoms with Gasteiger partial charge in [-0.25, -0.2) is 8.78 Å². The normalized spacial score (nSPS) is 13.7. The highest BCUT2D eigenvalue weighted by atomic mass is 35.5. The van der Waals surface area contributed by atoms with Crippen molar-refractivity contribution < 1.29 is 27.1 Å². The monoisotopic (exact) mass is 475 g/mol. The average Bonchev–Trinajstić information content (AvgIpc) is 2.73. The zero-order valence-corrected chi connectivity index (χ0v) is 17.9. The fourth-order valence-corrected chi connectivity index (χ4v) is 3.86. The highest BCUT2D eigenvalue weighted by molar-refractivity contribution is 7.80. The maximum atomic E-state index is 14.2. The standard InChI is InChI=1S/C20H18ClF4N3O2S/c1-30-18-15(24)13(22)12(14(23)16(18)25)19(29)27-20(31)26-11-7-5-6-10(21)17(11)28-8-3-2-4-9-28/h5-7H,2-4,8-9H2,1H3,(H2,26,27,29,31). The number of nitrogens with zero attached hydrogens (tertiary/aromatic N) is 1. The largest absolute Gasteiger partial charge is 0.491 e. The number of hydrogen-bond donors (Lipinski definition) is 2. The molecule has 31 heavy (non-hydrogen) atoms. The van der Waals surface area contributed by atoms with Crippen molar-refractivity contribution in [2.75, 3.05) is 30.4 Å². The van der Waals surface area contributed by atoms with Gasteiger partial charge in [-0.2, -0.15) is 8.78 Å². The summed E-state index contributed by atoms with van der Waals surface area (Å²) in [5, 5.41) is 4.91. The quantitative estimate of drug-likeness (QED) is 0.369. The van der Waals surface area contributed by atoms with Gasteiger partial charge in [-0.1, -0.05) is 17.7 Å². The molecule has 0 unspecified atom stereocenters. The van der Waals surface area contributed by atoms with Crippen LogP contribution in [0.1, 0.15) is 29.6 Å². The third-order valence-corrected chi connectivity index (χ3v) is 5.30. The summed E-state index contributed by atoms with van der Waals surface area (Å²) in [6.45, 7) is 1.55. The van der Waals surface area contributed by atoms with Crippen LogP contribution in [0.25, 0.3) is 0 Å². The van der Waals surface area contributed by atoms with Gasteiger partial charge >= 0.3 is 0 Å². The number of carbonyl (C=O) groups excluding carboxylic acids is 1. The Kier molecular flexibility index (Phi) is 7.22. The summed E-state index contributed by atoms with van der Waals surface area (Å²) in [5.41, 5.74) is -0.325. The minimum Gasteiger partial charge on any atom is -0.491 e. The van der Waals surface area contributed by atoms with E-state index in [1.807, 2.05) is 5.32 Å². The summed E-state index contributed by atoms with van der Waals surface area (Å²) in [7, 11) is 0.837. The molecule has 0 radical (unpaired) electrons. The first kappa shape index (κ1) is 23.1. The maximum Gasteiger partial charge on any atom is 0.263 e. The second kappa shape index (κ2) is 9.69. The van der Waals surface area contributed by atoms with Gasteiger partial charge < -0.3 is 15.0 Å². The number of carbonyl (C=O) groups is 1. The Morgan fingerprint density at radius 3 is 2.26 bits per heavy atom. The van der Waals surface area contributed by atoms with Crippen LogP contribution in [-0.2, 0) is 0 Å². The topological polar surface area (TPSA) is 53.6 Å². The Balaban J connectivity index is 1.83. The molecule has 5 nitrogen and oxygen atoms in total. The van der Waals surface area contributed by atoms with Crippen molar-refractivity contribution in [3.63, 3.8) is 0 Å². The molecule has 2 aromatic rings. The molecule has 1 aliphatic rings. The Morgan fingerprint density at radius 2 is 1.68 bits per heavy atom. The lowest BCUT2D eigenvalue weighted by molar-refractivity contribution is 0.0966. The lowest BCUT2D eigenvalue weighted by Gasteiger charge is -2.31. The molecule has 1 fully saturated rings. The van der Waals surface area contributed by atoms with Crippen LogP contribution in [0.5, 0.6) is 5.75 Å². The van der Waals surface area contributed by atoms with Crippen LogP contribution in [0.2, 0.25) is 5.02 Å². The Morgan fingerprint density at radius 1 is 1.06 bits per heavy atom. The summed E-state index contributed by atoms with van der Waals surface area (Å²) in [6.07, 6.45) is 3.07. The van der Waals surface area contributed by atoms with E-state index in [-0.39, 0.29) is 5.11 Å². The number of ether oxygens (including phenoxy) is 1. The Bertz CT molecular complexity index is 1000. The lowest BCUT2D eigenvalue weighted by atomic mass is 10.1. The van der Waals surface area contributed by atoms with E-state index in [1.54, 1.807) is 18.2 Å². The summed E-state index contributed by atoms with van der Waals surface area (Å²) in [4.78, 5) is 14.4. The van der Waals surface area contributed by atoms with Crippen LogP contribution in [0.15, 0.2) is 18.2 Å². The van der Waals surface area contributed by atoms with Gasteiger partial charge in [-0.15, -0.1) is 0 Å². The molecule has 1 amide bonds. The number of halogens is 5. The number of para-hydroxylation sites is 1. The van der Waals surface area contributed by atoms with Crippen LogP contribution in [-0.4, -0.2) is 31.2 Å². The van der Waals surface area contributed by atoms with Crippen LogP contribution >= 0.6 is 23.8 Å². The predicted molar refractivity (Wildman–Crippen MR) is 114 cm³/mol. The SMILES string of the molecule is COc1c(F)c(F)c(C(=O)NC(=S)Nc2cccc(Cl)c2N2CCCCC2)c(F)c1F. The summed E-state index contributed by atoms with van der Waals surface area (Å²) in [6, 6.07) is 5.03. The third kappa shape index (κ3) is 4.69. The van der Waals surface area contributed by atoms with E-state index in [1.165, 1.54) is 0 Å². The highest BCUT2D eigenvalue weighted by Gasteiger charge is 2.30. The molecule has 0 spiro atoms. The van der Waals surface area contributed by atoms with Gasteiger partial charge in [0.2, 0.25) is 11.6 Å². The molecule has 3 rings (SSSR count). The van der Waals surface area contributed by atoms with Crippen molar-refractivity contribution in [2.24, 2.45) is 0 Å². The van der Waals surface area contributed by atoms with E-state index in [4.69, 9.17) is 23.8 Å². The van der Waals surface area contributed by atoms with Crippen molar-refractivity contribution in [3.8, 4) is 5.75 Å². The van der Waals surface area contributed by atoms with Gasteiger partial charge in [0.15, 0.2) is 22.5 Å². The van der Waals surface area contributed by atoms with E-state index >= 15 is 0 Å². The van der Waals surface area contributed by atoms with Gasteiger partial charge in [0.25, 0.3) is 5.91 Å². The fourth-order valence-electron chi connectivity index (χ4n) is 3.36. The van der Waals surface area contributed by atoms with Crippen LogP contribution in [0.3, 0.4) is 0 Å². The molecule has 2 aromatic carbocycles. The smallest absolute Gasteiger partial charge is 0.263 e. The van der Waals surface area contributed by atoms with E-state index < -0.39 is 40.5 Å². The van der Waals surface area contributed by atoms with E-state index in [2.05, 4.69) is 15.0 Å². The predicted octanol–water partition coefficient (Wildman–Crippen LogP) is 5.02. The molecule has 0 aliphatic carbocycles. The summed E-state index contributed by atoms with van der Waals surface area (Å²) < 4.78 is 60.4. The lowest BCUT2D eigenvalue weighted by Crippen LogP contribution is -2.36. The minimum atomic E-state index is -1.90. The average molecular weight is 476 g/mol. The zero-order chi connectivity index (χ0) is 22.7. The third-order valence-electron chi connectivity index (χ3n) is 4.79. The molecule has 1 aliphatic heterocycles. The van der Waals surface area contributed by atoms with Gasteiger partial charge in [-0.05, 0) is 43.6 Å². The van der Waals surface area contributed by atoms with Gasteiger partial charge in [0, 0.05) is 13.1 Å². The van der Waals surface area contributed by atoms with Crippen molar-refractivity contribution in [3.05, 3.63) is 52.1 Å². The number of benzene rings is 2. The van der Waals surface area contributed by atoms with E-state index in [9.17, 15) is 22.4 Å². The maximum absolute atomic E-state index is 14.2. The van der Waals surface area contributed by atoms with E-state index in [0.29, 0.717) is 16.4 Å². The number of thiocarbonyl (C=S) groups is 1. The van der Waals surface area contributed by atoms with Gasteiger partial charge in [0.05, 0.1) is 23.5 Å². The molecule has 0 bridgehead atoms. The second-order valence-electron chi connectivity index (χ2n) is 6.76. The van der Waals surface area contributed by atoms with Gasteiger partial charge in [0.1, 0.15) is 5.56 Å². The second-order valence-corrected chi connectivity index (χ2v) is 7.57. The fraction of sp³-hybridized carbons (Fsp3) is 0.300. The van der Waals surface area contributed by atoms with Crippen molar-refractivity contribution in [1.29, 1.82) is 0 Å². The van der Waals surface area contributed by atoms with Crippen LogP contribution < -0.4 is 20.3 Å². The Hall–Kier alpha value is -2.59. The first-order valence-electron chi connectivity index (χ1n) is 9.32. The molecule has 11 heteroatoms. The molecule has 0 aromatic heterocycles. The first-order valence-corrected chi connectivity index (χ1v) is 10.1. The molecular weight excluding hydrogens is 458 g/mol. The number of nitrogens with one attached hydrogen (secondary N) is 2. The molecular formula is C20H18ClF4N3O2S. The van der Waals surface area contributed by atoms with Crippen LogP contribution in [0, 0.1) is 23.3 Å². The number of hydrogen-bond acceptors (Lipinski definition) is 4. The molecule has 0 saturated carbocycles. The Labute approximate surface area is 186 Å². The summed E-state index contributed by atoms with van der Waals surface area (Å²) >= 11 is 11.4. The van der Waals surface area contributed by atoms with E-state index in [0.717, 1.165) is 39.5 Å². The minimum absolute atomic E-state index is 0.332. The number of anilines is 2. The molecule has 1 saturated heterocycles. The van der Waals surface area contributed by atoms with Crippen LogP contribution in [0.4, 0.5) is 28.9 Å². The van der Waals surface area contributed by atoms with Gasteiger partial charge in [-0.3, -0.25) is 10.1 Å². The summed E-state index contributed by atoms with van der Waals surface area (Å²) in [5.74, 6) is -10.2. The van der Waals surface area contributed by atoms with Crippen molar-refractivity contribution in [1.82, 2.24) is 5.32 Å². The molecule has 2 N–H and O–H groups in total. The number of piperidine rings is 1. The highest BCUT2D eigenvalue weighted by Crippen LogP contribution is 2.35. The molecule has 166 valence electrons. The number of rotatable bonds is 4. The van der Waals surface area contributed by atoms with Crippen molar-refractivity contribution >= 4 is 46.2 Å². The van der Waals surface area contributed by atoms with Crippen molar-refractivity contribution in [2.45, 2.75) is 19.3 Å². The molecule has 0 atom stereocenters. The zero-order valence-electron chi connectivity index (χ0n) is 16.3. The number of amides is 1. The number of methoxy groups -OCH3 is 1.